The Balaban J connectivity index is 1.96. The van der Waals surface area contributed by atoms with Crippen molar-refractivity contribution in [3.05, 3.63) is 60.9 Å². The second kappa shape index (κ2) is 4.22. The summed E-state index contributed by atoms with van der Waals surface area (Å²) >= 11 is 0. The summed E-state index contributed by atoms with van der Waals surface area (Å²) < 4.78 is 4.72. The quantitative estimate of drug-likeness (QED) is 0.667. The van der Waals surface area contributed by atoms with Crippen molar-refractivity contribution in [2.24, 2.45) is 0 Å². The van der Waals surface area contributed by atoms with Crippen molar-refractivity contribution < 1.29 is 4.52 Å². The van der Waals surface area contributed by atoms with E-state index >= 15 is 0 Å². The summed E-state index contributed by atoms with van der Waals surface area (Å²) in [5, 5.41) is 7.33. The van der Waals surface area contributed by atoms with Gasteiger partial charge in [-0.1, -0.05) is 54.6 Å². The summed E-state index contributed by atoms with van der Waals surface area (Å²) in [6.45, 7) is 0. The molecule has 0 fully saturated rings. The third kappa shape index (κ3) is 1.95. The van der Waals surface area contributed by atoms with Crippen LogP contribution in [0.2, 0.25) is 0 Å². The van der Waals surface area contributed by atoms with Gasteiger partial charge in [0.05, 0.1) is 0 Å². The Morgan fingerprint density at radius 1 is 0.706 bits per heavy atom. The van der Waals surface area contributed by atoms with Crippen LogP contribution in [-0.4, -0.2) is 10.4 Å². The molecule has 0 aliphatic heterocycles. The van der Waals surface area contributed by atoms with Crippen LogP contribution in [0.25, 0.3) is 22.4 Å². The lowest BCUT2D eigenvalue weighted by Crippen LogP contribution is -1.80. The van der Waals surface area contributed by atoms with Gasteiger partial charge in [0.2, 0.25) is 0 Å². The van der Waals surface area contributed by atoms with E-state index in [0.717, 1.165) is 11.3 Å². The van der Waals surface area contributed by atoms with E-state index in [1.165, 1.54) is 17.4 Å². The van der Waals surface area contributed by atoms with Gasteiger partial charge >= 0.3 is 0 Å². The van der Waals surface area contributed by atoms with E-state index in [9.17, 15) is 0 Å². The van der Waals surface area contributed by atoms with E-state index in [2.05, 4.69) is 34.6 Å². The fourth-order valence-corrected chi connectivity index (χ4v) is 1.75. The van der Waals surface area contributed by atoms with Gasteiger partial charge < -0.3 is 4.52 Å². The average molecular weight is 222 g/mol. The molecular weight excluding hydrogens is 212 g/mol. The van der Waals surface area contributed by atoms with Crippen LogP contribution < -0.4 is 0 Å². The van der Waals surface area contributed by atoms with Crippen molar-refractivity contribution >= 4 is 0 Å². The molecule has 17 heavy (non-hydrogen) atoms. The molecule has 0 aliphatic rings. The third-order valence-corrected chi connectivity index (χ3v) is 2.65. The Morgan fingerprint density at radius 3 is 2.00 bits per heavy atom. The average Bonchev–Trinajstić information content (AvgIpc) is 2.94. The maximum Gasteiger partial charge on any atom is 0.152 e. The largest absolute Gasteiger partial charge is 0.345 e. The van der Waals surface area contributed by atoms with Crippen molar-refractivity contribution in [2.45, 2.75) is 0 Å². The van der Waals surface area contributed by atoms with Crippen LogP contribution in [0.5, 0.6) is 0 Å². The molecule has 0 atom stereocenters. The summed E-state index contributed by atoms with van der Waals surface area (Å²) in [6.07, 6.45) is 1.54. The van der Waals surface area contributed by atoms with E-state index in [-0.39, 0.29) is 0 Å². The minimum Gasteiger partial charge on any atom is -0.345 e. The lowest BCUT2D eigenvalue weighted by Gasteiger charge is -2.01. The fourth-order valence-electron chi connectivity index (χ4n) is 1.75. The third-order valence-electron chi connectivity index (χ3n) is 2.65. The Kier molecular flexibility index (Phi) is 2.43. The first-order valence-corrected chi connectivity index (χ1v) is 5.36. The fraction of sp³-hybridized carbons (Fsp3) is 0. The van der Waals surface area contributed by atoms with Gasteiger partial charge in [-0.3, -0.25) is 0 Å². The van der Waals surface area contributed by atoms with Crippen LogP contribution >= 0.6 is 0 Å². The molecule has 3 rings (SSSR count). The molecule has 2 aromatic carbocycles. The maximum atomic E-state index is 4.72. The predicted octanol–water partition coefficient (Wildman–Crippen LogP) is 3.40. The highest BCUT2D eigenvalue weighted by Gasteiger charge is 2.02. The minimum atomic E-state index is 0.754. The molecule has 0 saturated carbocycles. The summed E-state index contributed by atoms with van der Waals surface area (Å²) in [6, 6.07) is 18.4. The van der Waals surface area contributed by atoms with E-state index in [0.29, 0.717) is 0 Å². The molecule has 0 amide bonds. The van der Waals surface area contributed by atoms with E-state index in [1.807, 2.05) is 30.3 Å². The van der Waals surface area contributed by atoms with Crippen LogP contribution in [0.3, 0.4) is 0 Å². The van der Waals surface area contributed by atoms with E-state index < -0.39 is 0 Å². The molecule has 3 nitrogen and oxygen atoms in total. The first-order chi connectivity index (χ1) is 8.43. The summed E-state index contributed by atoms with van der Waals surface area (Å²) in [5.41, 5.74) is 4.15. The van der Waals surface area contributed by atoms with E-state index in [1.54, 1.807) is 0 Å². The van der Waals surface area contributed by atoms with Gasteiger partial charge in [-0.25, -0.2) is 0 Å². The monoisotopic (exact) mass is 222 g/mol. The number of hydrogen-bond acceptors (Lipinski definition) is 3. The molecule has 82 valence electrons. The second-order valence-electron chi connectivity index (χ2n) is 3.73. The SMILES string of the molecule is c1ccc(-c2ccc(-c3conn3)cc2)cc1. The van der Waals surface area contributed by atoms with Gasteiger partial charge in [0.1, 0.15) is 5.69 Å². The Bertz CT molecular complexity index is 586. The Morgan fingerprint density at radius 2 is 1.35 bits per heavy atom. The molecule has 0 saturated heterocycles. The topological polar surface area (TPSA) is 38.9 Å². The van der Waals surface area contributed by atoms with Crippen molar-refractivity contribution in [3.63, 3.8) is 0 Å². The van der Waals surface area contributed by atoms with Crippen LogP contribution in [0.4, 0.5) is 0 Å². The minimum absolute atomic E-state index is 0.754. The van der Waals surface area contributed by atoms with Crippen LogP contribution in [0, 0.1) is 0 Å². The highest BCUT2D eigenvalue weighted by molar-refractivity contribution is 5.68. The molecule has 0 bridgehead atoms. The number of aromatic nitrogens is 2. The summed E-state index contributed by atoms with van der Waals surface area (Å²) in [7, 11) is 0. The molecule has 1 aromatic heterocycles. The molecule has 3 heteroatoms. The first-order valence-electron chi connectivity index (χ1n) is 5.36. The van der Waals surface area contributed by atoms with Crippen molar-refractivity contribution in [3.8, 4) is 22.4 Å². The molecule has 1 heterocycles. The number of nitrogens with zero attached hydrogens (tertiary/aromatic N) is 2. The normalized spacial score (nSPS) is 10.4. The summed E-state index contributed by atoms with van der Waals surface area (Å²) in [5.74, 6) is 0. The van der Waals surface area contributed by atoms with Crippen molar-refractivity contribution in [2.75, 3.05) is 0 Å². The van der Waals surface area contributed by atoms with Crippen LogP contribution in [-0.2, 0) is 0 Å². The van der Waals surface area contributed by atoms with Gasteiger partial charge in [-0.2, -0.15) is 0 Å². The Labute approximate surface area is 98.7 Å². The maximum absolute atomic E-state index is 4.72. The van der Waals surface area contributed by atoms with Gasteiger partial charge in [0.25, 0.3) is 0 Å². The van der Waals surface area contributed by atoms with Crippen molar-refractivity contribution in [1.82, 2.24) is 10.4 Å². The van der Waals surface area contributed by atoms with Crippen LogP contribution in [0.1, 0.15) is 0 Å². The number of benzene rings is 2. The Hall–Kier alpha value is -2.42. The molecule has 0 unspecified atom stereocenters. The molecule has 0 radical (unpaired) electrons. The smallest absolute Gasteiger partial charge is 0.152 e. The second-order valence-corrected chi connectivity index (χ2v) is 3.73. The van der Waals surface area contributed by atoms with Crippen molar-refractivity contribution in [1.29, 1.82) is 0 Å². The molecule has 3 aromatic rings. The zero-order chi connectivity index (χ0) is 11.5. The predicted molar refractivity (Wildman–Crippen MR) is 65.2 cm³/mol. The summed E-state index contributed by atoms with van der Waals surface area (Å²) in [4.78, 5) is 0. The lowest BCUT2D eigenvalue weighted by atomic mass is 10.0. The van der Waals surface area contributed by atoms with E-state index in [4.69, 9.17) is 4.52 Å². The number of hydrogen-bond donors (Lipinski definition) is 0. The first kappa shape index (κ1) is 9.78. The lowest BCUT2D eigenvalue weighted by molar-refractivity contribution is 0.393. The zero-order valence-electron chi connectivity index (χ0n) is 9.08. The standard InChI is InChI=1S/C14H10N2O/c1-2-4-11(5-3-1)12-6-8-13(9-7-12)14-10-17-16-15-14/h1-10H. The molecular formula is C14H10N2O. The number of rotatable bonds is 2. The highest BCUT2D eigenvalue weighted by atomic mass is 16.5. The van der Waals surface area contributed by atoms with Crippen LogP contribution in [0.15, 0.2) is 65.4 Å². The zero-order valence-corrected chi connectivity index (χ0v) is 9.08. The molecule has 0 aliphatic carbocycles. The van der Waals surface area contributed by atoms with Gasteiger partial charge in [0.15, 0.2) is 6.26 Å². The van der Waals surface area contributed by atoms with Gasteiger partial charge in [-0.05, 0) is 11.1 Å². The molecule has 0 N–H and O–H groups in total. The van der Waals surface area contributed by atoms with Gasteiger partial charge in [-0.15, -0.1) is 5.10 Å². The molecule has 0 spiro atoms. The highest BCUT2D eigenvalue weighted by Crippen LogP contribution is 2.23. The van der Waals surface area contributed by atoms with Gasteiger partial charge in [0, 0.05) is 10.8 Å².